The molecule has 0 saturated heterocycles. The number of nitrogen functional groups attached to an aromatic ring is 1. The van der Waals surface area contributed by atoms with Crippen molar-refractivity contribution >= 4 is 50.9 Å². The Bertz CT molecular complexity index is 222. The van der Waals surface area contributed by atoms with E-state index in [1.165, 1.54) is 3.57 Å². The molecule has 0 radical (unpaired) electrons. The number of hydrogen-bond acceptors (Lipinski definition) is 1. The van der Waals surface area contributed by atoms with Crippen LogP contribution < -0.4 is 5.73 Å². The summed E-state index contributed by atoms with van der Waals surface area (Å²) < 4.78 is 2.30. The Morgan fingerprint density at radius 3 is 2.33 bits per heavy atom. The molecule has 0 spiro atoms. The molecule has 0 aliphatic rings. The molecule has 0 amide bonds. The Labute approximate surface area is 81.3 Å². The van der Waals surface area contributed by atoms with Crippen LogP contribution >= 0.6 is 45.2 Å². The first-order valence-corrected chi connectivity index (χ1v) is 4.56. The molecule has 9 heavy (non-hydrogen) atoms. The Morgan fingerprint density at radius 1 is 1.22 bits per heavy atom. The van der Waals surface area contributed by atoms with Gasteiger partial charge in [-0.2, -0.15) is 0 Å². The van der Waals surface area contributed by atoms with Crippen LogP contribution in [0.25, 0.3) is 0 Å². The third-order valence-corrected chi connectivity index (χ3v) is 2.61. The fraction of sp³-hybridized carbons (Fsp3) is 0. The first kappa shape index (κ1) is 7.59. The van der Waals surface area contributed by atoms with Crippen molar-refractivity contribution in [1.82, 2.24) is 0 Å². The monoisotopic (exact) mass is 345 g/mol. The van der Waals surface area contributed by atoms with E-state index in [-0.39, 0.29) is 0 Å². The number of halogens is 2. The maximum atomic E-state index is 5.61. The number of nitrogens with two attached hydrogens (primary N) is 1. The van der Waals surface area contributed by atoms with E-state index in [0.29, 0.717) is 0 Å². The minimum absolute atomic E-state index is 0.863. The predicted octanol–water partition coefficient (Wildman–Crippen LogP) is 2.48. The van der Waals surface area contributed by atoms with E-state index in [1.807, 2.05) is 18.2 Å². The third kappa shape index (κ3) is 1.96. The van der Waals surface area contributed by atoms with Gasteiger partial charge in [0.05, 0.1) is 0 Å². The zero-order chi connectivity index (χ0) is 6.85. The smallest absolute Gasteiger partial charge is 0.0460 e. The summed E-state index contributed by atoms with van der Waals surface area (Å²) in [6, 6.07) is 6.01. The van der Waals surface area contributed by atoms with Gasteiger partial charge in [0.2, 0.25) is 0 Å². The average molecular weight is 345 g/mol. The molecule has 0 aliphatic heterocycles. The number of hydrogen-bond donors (Lipinski definition) is 1. The van der Waals surface area contributed by atoms with Crippen LogP contribution in [0.3, 0.4) is 0 Å². The molecule has 0 heterocycles. The second kappa shape index (κ2) is 3.05. The summed E-state index contributed by atoms with van der Waals surface area (Å²) in [5.41, 5.74) is 6.47. The lowest BCUT2D eigenvalue weighted by Crippen LogP contribution is -1.88. The van der Waals surface area contributed by atoms with Gasteiger partial charge in [-0.15, -0.1) is 0 Å². The summed E-state index contributed by atoms with van der Waals surface area (Å²) >= 11 is 4.45. The van der Waals surface area contributed by atoms with Gasteiger partial charge in [-0.05, 0) is 63.4 Å². The standard InChI is InChI=1S/C6H5I2N/c7-4-1-2-5(8)6(9)3-4/h1-3H,9H2. The van der Waals surface area contributed by atoms with Gasteiger partial charge < -0.3 is 5.73 Å². The Kier molecular flexibility index (Phi) is 2.57. The highest BCUT2D eigenvalue weighted by Gasteiger charge is 1.92. The predicted molar refractivity (Wildman–Crippen MR) is 56.3 cm³/mol. The van der Waals surface area contributed by atoms with E-state index in [2.05, 4.69) is 45.2 Å². The molecule has 0 aromatic heterocycles. The molecule has 0 unspecified atom stereocenters. The normalized spacial score (nSPS) is 9.56. The van der Waals surface area contributed by atoms with Crippen LogP contribution in [0, 0.1) is 7.14 Å². The van der Waals surface area contributed by atoms with E-state index >= 15 is 0 Å². The van der Waals surface area contributed by atoms with E-state index in [0.717, 1.165) is 9.26 Å². The quantitative estimate of drug-likeness (QED) is 0.568. The van der Waals surface area contributed by atoms with Crippen LogP contribution in [-0.4, -0.2) is 0 Å². The highest BCUT2D eigenvalue weighted by molar-refractivity contribution is 14.1. The summed E-state index contributed by atoms with van der Waals surface area (Å²) in [6.07, 6.45) is 0. The topological polar surface area (TPSA) is 26.0 Å². The molecule has 1 nitrogen and oxygen atoms in total. The molecule has 2 N–H and O–H groups in total. The average Bonchev–Trinajstić information content (AvgIpc) is 1.80. The Morgan fingerprint density at radius 2 is 1.89 bits per heavy atom. The van der Waals surface area contributed by atoms with Crippen LogP contribution in [0.4, 0.5) is 5.69 Å². The maximum Gasteiger partial charge on any atom is 0.0460 e. The third-order valence-electron chi connectivity index (χ3n) is 0.958. The second-order valence-corrected chi connectivity index (χ2v) is 4.07. The van der Waals surface area contributed by atoms with Crippen molar-refractivity contribution in [1.29, 1.82) is 0 Å². The zero-order valence-electron chi connectivity index (χ0n) is 4.57. The summed E-state index contributed by atoms with van der Waals surface area (Å²) in [5.74, 6) is 0. The van der Waals surface area contributed by atoms with Crippen molar-refractivity contribution in [3.8, 4) is 0 Å². The number of benzene rings is 1. The van der Waals surface area contributed by atoms with Gasteiger partial charge in [-0.1, -0.05) is 0 Å². The first-order chi connectivity index (χ1) is 4.20. The van der Waals surface area contributed by atoms with Crippen molar-refractivity contribution in [3.05, 3.63) is 25.3 Å². The highest BCUT2D eigenvalue weighted by Crippen LogP contribution is 2.16. The summed E-state index contributed by atoms with van der Waals surface area (Å²) in [7, 11) is 0. The molecule has 1 aromatic rings. The Hall–Kier alpha value is 0.480. The van der Waals surface area contributed by atoms with Gasteiger partial charge in [-0.3, -0.25) is 0 Å². The van der Waals surface area contributed by atoms with E-state index in [4.69, 9.17) is 5.73 Å². The fourth-order valence-corrected chi connectivity index (χ4v) is 1.37. The number of rotatable bonds is 0. The van der Waals surface area contributed by atoms with Crippen LogP contribution in [0.1, 0.15) is 0 Å². The molecule has 48 valence electrons. The SMILES string of the molecule is Nc1cc(I)ccc1I. The minimum atomic E-state index is 0.863. The second-order valence-electron chi connectivity index (χ2n) is 1.67. The number of anilines is 1. The lowest BCUT2D eigenvalue weighted by atomic mass is 10.3. The van der Waals surface area contributed by atoms with Crippen LogP contribution in [-0.2, 0) is 0 Å². The molecule has 0 bridgehead atoms. The highest BCUT2D eigenvalue weighted by atomic mass is 127. The lowest BCUT2D eigenvalue weighted by Gasteiger charge is -1.95. The van der Waals surface area contributed by atoms with Crippen LogP contribution in [0.15, 0.2) is 18.2 Å². The van der Waals surface area contributed by atoms with Gasteiger partial charge in [0, 0.05) is 12.8 Å². The molecular formula is C6H5I2N. The van der Waals surface area contributed by atoms with Gasteiger partial charge >= 0.3 is 0 Å². The maximum absolute atomic E-state index is 5.61. The van der Waals surface area contributed by atoms with E-state index in [9.17, 15) is 0 Å². The minimum Gasteiger partial charge on any atom is -0.398 e. The summed E-state index contributed by atoms with van der Waals surface area (Å²) in [5, 5.41) is 0. The van der Waals surface area contributed by atoms with Gasteiger partial charge in [0.1, 0.15) is 0 Å². The molecule has 3 heteroatoms. The zero-order valence-corrected chi connectivity index (χ0v) is 8.88. The van der Waals surface area contributed by atoms with Crippen LogP contribution in [0.5, 0.6) is 0 Å². The van der Waals surface area contributed by atoms with Gasteiger partial charge in [0.15, 0.2) is 0 Å². The molecule has 1 rings (SSSR count). The van der Waals surface area contributed by atoms with Gasteiger partial charge in [0.25, 0.3) is 0 Å². The molecular weight excluding hydrogens is 340 g/mol. The van der Waals surface area contributed by atoms with Gasteiger partial charge in [-0.25, -0.2) is 0 Å². The van der Waals surface area contributed by atoms with Crippen molar-refractivity contribution < 1.29 is 0 Å². The first-order valence-electron chi connectivity index (χ1n) is 2.40. The van der Waals surface area contributed by atoms with E-state index < -0.39 is 0 Å². The van der Waals surface area contributed by atoms with Crippen molar-refractivity contribution in [2.75, 3.05) is 5.73 Å². The van der Waals surface area contributed by atoms with Crippen molar-refractivity contribution in [2.24, 2.45) is 0 Å². The van der Waals surface area contributed by atoms with Crippen molar-refractivity contribution in [2.45, 2.75) is 0 Å². The van der Waals surface area contributed by atoms with Crippen molar-refractivity contribution in [3.63, 3.8) is 0 Å². The van der Waals surface area contributed by atoms with E-state index in [1.54, 1.807) is 0 Å². The summed E-state index contributed by atoms with van der Waals surface area (Å²) in [6.45, 7) is 0. The Balaban J connectivity index is 3.17. The van der Waals surface area contributed by atoms with Crippen LogP contribution in [0.2, 0.25) is 0 Å². The molecule has 0 aliphatic carbocycles. The molecule has 0 saturated carbocycles. The lowest BCUT2D eigenvalue weighted by molar-refractivity contribution is 1.59. The molecule has 0 atom stereocenters. The molecule has 1 aromatic carbocycles. The fourth-order valence-electron chi connectivity index (χ4n) is 0.515. The summed E-state index contributed by atoms with van der Waals surface area (Å²) in [4.78, 5) is 0. The molecule has 0 fully saturated rings. The largest absolute Gasteiger partial charge is 0.398 e.